The van der Waals surface area contributed by atoms with Crippen molar-refractivity contribution in [3.05, 3.63) is 23.7 Å². The molecule has 0 radical (unpaired) electrons. The van der Waals surface area contributed by atoms with Crippen LogP contribution >= 0.6 is 11.6 Å². The first-order chi connectivity index (χ1) is 8.76. The molecule has 0 unspecified atom stereocenters. The summed E-state index contributed by atoms with van der Waals surface area (Å²) in [5.74, 6) is 1.28. The maximum absolute atomic E-state index is 5.94. The van der Waals surface area contributed by atoms with Gasteiger partial charge in [0.1, 0.15) is 11.3 Å². The van der Waals surface area contributed by atoms with Crippen molar-refractivity contribution in [3.63, 3.8) is 0 Å². The molecule has 0 atom stereocenters. The molecule has 2 rings (SSSR count). The molecule has 0 saturated heterocycles. The van der Waals surface area contributed by atoms with Crippen LogP contribution in [0.3, 0.4) is 0 Å². The lowest BCUT2D eigenvalue weighted by Crippen LogP contribution is -2.06. The number of ether oxygens (including phenoxy) is 1. The highest BCUT2D eigenvalue weighted by Gasteiger charge is 2.10. The molecule has 0 fully saturated rings. The van der Waals surface area contributed by atoms with E-state index in [9.17, 15) is 0 Å². The van der Waals surface area contributed by atoms with Crippen LogP contribution in [0, 0.1) is 6.92 Å². The summed E-state index contributed by atoms with van der Waals surface area (Å²) in [4.78, 5) is 8.97. The summed E-state index contributed by atoms with van der Waals surface area (Å²) in [5, 5.41) is 0. The molecule has 0 aliphatic rings. The zero-order chi connectivity index (χ0) is 13.0. The molecule has 2 heterocycles. The van der Waals surface area contributed by atoms with E-state index in [1.165, 1.54) is 0 Å². The number of fused-ring (bicyclic) bond motifs is 1. The molecule has 2 aromatic heterocycles. The van der Waals surface area contributed by atoms with Gasteiger partial charge < -0.3 is 9.30 Å². The van der Waals surface area contributed by atoms with E-state index in [0.717, 1.165) is 48.7 Å². The fourth-order valence-electron chi connectivity index (χ4n) is 1.96. The molecular weight excluding hydrogens is 250 g/mol. The van der Waals surface area contributed by atoms with Crippen LogP contribution in [0.25, 0.3) is 11.2 Å². The van der Waals surface area contributed by atoms with E-state index in [1.807, 2.05) is 26.1 Å². The molecule has 0 N–H and O–H groups in total. The Bertz CT molecular complexity index is 524. The molecule has 0 saturated carbocycles. The van der Waals surface area contributed by atoms with Crippen molar-refractivity contribution in [2.45, 2.75) is 32.7 Å². The van der Waals surface area contributed by atoms with Crippen LogP contribution in [0.1, 0.15) is 24.7 Å². The summed E-state index contributed by atoms with van der Waals surface area (Å²) in [6, 6.07) is 2.04. The van der Waals surface area contributed by atoms with Gasteiger partial charge in [-0.2, -0.15) is 0 Å². The van der Waals surface area contributed by atoms with E-state index >= 15 is 0 Å². The number of nitrogens with zero attached hydrogens (tertiary/aromatic N) is 3. The van der Waals surface area contributed by atoms with Crippen molar-refractivity contribution in [2.24, 2.45) is 0 Å². The topological polar surface area (TPSA) is 39.9 Å². The largest absolute Gasteiger partial charge is 0.382 e. The highest BCUT2D eigenvalue weighted by molar-refractivity contribution is 6.16. The Kier molecular flexibility index (Phi) is 4.55. The average molecular weight is 268 g/mol. The quantitative estimate of drug-likeness (QED) is 0.597. The fourth-order valence-corrected chi connectivity index (χ4v) is 2.17. The van der Waals surface area contributed by atoms with Crippen LogP contribution in [0.4, 0.5) is 0 Å². The summed E-state index contributed by atoms with van der Waals surface area (Å²) in [6.45, 7) is 6.37. The molecule has 0 aliphatic carbocycles. The van der Waals surface area contributed by atoms with Gasteiger partial charge in [-0.15, -0.1) is 11.6 Å². The number of rotatable bonds is 6. The summed E-state index contributed by atoms with van der Waals surface area (Å²) in [7, 11) is 0. The van der Waals surface area contributed by atoms with Crippen molar-refractivity contribution in [2.75, 3.05) is 13.2 Å². The van der Waals surface area contributed by atoms with Crippen molar-refractivity contribution < 1.29 is 4.74 Å². The fraction of sp³-hybridized carbons (Fsp3) is 0.538. The summed E-state index contributed by atoms with van der Waals surface area (Å²) >= 11 is 5.94. The standard InChI is InChI=1S/C13H18ClN3O/c1-3-18-6-4-5-17-12(8-14)16-11-7-10(2)9-15-13(11)17/h7,9H,3-6,8H2,1-2H3. The Morgan fingerprint density at radius 2 is 2.28 bits per heavy atom. The van der Waals surface area contributed by atoms with Crippen LogP contribution < -0.4 is 0 Å². The minimum absolute atomic E-state index is 0.407. The SMILES string of the molecule is CCOCCCn1c(CCl)nc2cc(C)cnc21. The van der Waals surface area contributed by atoms with Gasteiger partial charge in [0.2, 0.25) is 0 Å². The van der Waals surface area contributed by atoms with E-state index in [2.05, 4.69) is 14.5 Å². The lowest BCUT2D eigenvalue weighted by Gasteiger charge is -2.07. The van der Waals surface area contributed by atoms with Crippen LogP contribution in [0.5, 0.6) is 0 Å². The highest BCUT2D eigenvalue weighted by Crippen LogP contribution is 2.17. The third-order valence-corrected chi connectivity index (χ3v) is 3.03. The van der Waals surface area contributed by atoms with Gasteiger partial charge in [0.25, 0.3) is 0 Å². The van der Waals surface area contributed by atoms with Crippen LogP contribution in [-0.2, 0) is 17.2 Å². The van der Waals surface area contributed by atoms with Crippen LogP contribution in [-0.4, -0.2) is 27.7 Å². The number of pyridine rings is 1. The smallest absolute Gasteiger partial charge is 0.160 e. The molecule has 2 aromatic rings. The van der Waals surface area contributed by atoms with Gasteiger partial charge in [0.15, 0.2) is 5.65 Å². The Hall–Kier alpha value is -1.13. The van der Waals surface area contributed by atoms with Crippen molar-refractivity contribution in [1.82, 2.24) is 14.5 Å². The first-order valence-corrected chi connectivity index (χ1v) is 6.75. The summed E-state index contributed by atoms with van der Waals surface area (Å²) < 4.78 is 7.43. The number of aromatic nitrogens is 3. The molecule has 0 bridgehead atoms. The van der Waals surface area contributed by atoms with Gasteiger partial charge in [-0.05, 0) is 31.9 Å². The number of hydrogen-bond donors (Lipinski definition) is 0. The lowest BCUT2D eigenvalue weighted by molar-refractivity contribution is 0.141. The molecule has 0 aliphatic heterocycles. The first-order valence-electron chi connectivity index (χ1n) is 6.21. The van der Waals surface area contributed by atoms with Gasteiger partial charge in [-0.1, -0.05) is 0 Å². The second kappa shape index (κ2) is 6.16. The molecule has 18 heavy (non-hydrogen) atoms. The Morgan fingerprint density at radius 3 is 3.00 bits per heavy atom. The van der Waals surface area contributed by atoms with E-state index < -0.39 is 0 Å². The monoisotopic (exact) mass is 267 g/mol. The van der Waals surface area contributed by atoms with Crippen molar-refractivity contribution in [3.8, 4) is 0 Å². The number of aryl methyl sites for hydroxylation is 2. The minimum atomic E-state index is 0.407. The van der Waals surface area contributed by atoms with Crippen molar-refractivity contribution in [1.29, 1.82) is 0 Å². The average Bonchev–Trinajstić information content (AvgIpc) is 2.71. The summed E-state index contributed by atoms with van der Waals surface area (Å²) in [6.07, 6.45) is 2.81. The third-order valence-electron chi connectivity index (χ3n) is 2.79. The first kappa shape index (κ1) is 13.3. The maximum atomic E-state index is 5.94. The van der Waals surface area contributed by atoms with Gasteiger partial charge in [0.05, 0.1) is 5.88 Å². The third kappa shape index (κ3) is 2.82. The lowest BCUT2D eigenvalue weighted by atomic mass is 10.3. The summed E-state index contributed by atoms with van der Waals surface area (Å²) in [5.41, 5.74) is 2.94. The van der Waals surface area contributed by atoms with E-state index in [1.54, 1.807) is 0 Å². The van der Waals surface area contributed by atoms with Gasteiger partial charge >= 0.3 is 0 Å². The zero-order valence-corrected chi connectivity index (χ0v) is 11.6. The number of alkyl halides is 1. The van der Waals surface area contributed by atoms with Gasteiger partial charge in [-0.25, -0.2) is 9.97 Å². The predicted octanol–water partition coefficient (Wildman–Crippen LogP) is 2.91. The van der Waals surface area contributed by atoms with Crippen molar-refractivity contribution >= 4 is 22.8 Å². The predicted molar refractivity (Wildman–Crippen MR) is 72.9 cm³/mol. The number of imidazole rings is 1. The minimum Gasteiger partial charge on any atom is -0.382 e. The molecule has 5 heteroatoms. The number of hydrogen-bond acceptors (Lipinski definition) is 3. The molecule has 98 valence electrons. The normalized spacial score (nSPS) is 11.3. The maximum Gasteiger partial charge on any atom is 0.160 e. The van der Waals surface area contributed by atoms with E-state index in [0.29, 0.717) is 5.88 Å². The van der Waals surface area contributed by atoms with Gasteiger partial charge in [-0.3, -0.25) is 0 Å². The molecule has 0 aromatic carbocycles. The molecular formula is C13H18ClN3O. The van der Waals surface area contributed by atoms with Crippen LogP contribution in [0.2, 0.25) is 0 Å². The Labute approximate surface area is 112 Å². The van der Waals surface area contributed by atoms with Gasteiger partial charge in [0, 0.05) is 26.0 Å². The second-order valence-electron chi connectivity index (χ2n) is 4.22. The number of halogens is 1. The van der Waals surface area contributed by atoms with E-state index in [-0.39, 0.29) is 0 Å². The molecule has 0 amide bonds. The highest BCUT2D eigenvalue weighted by atomic mass is 35.5. The molecule has 0 spiro atoms. The second-order valence-corrected chi connectivity index (χ2v) is 4.49. The Balaban J connectivity index is 2.23. The van der Waals surface area contributed by atoms with Crippen LogP contribution in [0.15, 0.2) is 12.3 Å². The Morgan fingerprint density at radius 1 is 1.44 bits per heavy atom. The zero-order valence-electron chi connectivity index (χ0n) is 10.8. The van der Waals surface area contributed by atoms with E-state index in [4.69, 9.17) is 16.3 Å². The molecule has 4 nitrogen and oxygen atoms in total.